The second kappa shape index (κ2) is 10.6. The molecule has 194 valence electrons. The summed E-state index contributed by atoms with van der Waals surface area (Å²) in [6, 6.07) is 29.3. The van der Waals surface area contributed by atoms with Crippen LogP contribution in [0.15, 0.2) is 103 Å². The quantitative estimate of drug-likeness (QED) is 0.187. The number of para-hydroxylation sites is 1. The van der Waals surface area contributed by atoms with Gasteiger partial charge in [0.15, 0.2) is 0 Å². The lowest BCUT2D eigenvalue weighted by molar-refractivity contribution is -0.131. The molecule has 8 heteroatoms. The molecule has 1 aliphatic rings. The largest absolute Gasteiger partial charge is 0.508 e. The van der Waals surface area contributed by atoms with Crippen LogP contribution in [0.2, 0.25) is 0 Å². The summed E-state index contributed by atoms with van der Waals surface area (Å²) < 4.78 is 11.7. The summed E-state index contributed by atoms with van der Waals surface area (Å²) in [6.07, 6.45) is 0.134. The van der Waals surface area contributed by atoms with Crippen LogP contribution in [0.5, 0.6) is 5.75 Å². The number of anilines is 1. The molecule has 5 rings (SSSR count). The molecule has 0 aromatic heterocycles. The number of phenolic OH excluding ortho intramolecular Hbond substituents is 1. The van der Waals surface area contributed by atoms with Gasteiger partial charge in [-0.25, -0.2) is 0 Å². The number of aromatic hydroxyl groups is 1. The molecule has 7 nitrogen and oxygen atoms in total. The van der Waals surface area contributed by atoms with Crippen molar-refractivity contribution >= 4 is 24.5 Å². The van der Waals surface area contributed by atoms with E-state index in [1.807, 2.05) is 60.7 Å². The number of β-lactam (4-membered cyclic amide) rings is 1. The van der Waals surface area contributed by atoms with E-state index < -0.39 is 25.7 Å². The summed E-state index contributed by atoms with van der Waals surface area (Å²) in [5.74, 6) is -0.515. The molecule has 1 amide bonds. The van der Waals surface area contributed by atoms with Gasteiger partial charge in [-0.05, 0) is 59.9 Å². The van der Waals surface area contributed by atoms with E-state index in [0.29, 0.717) is 29.5 Å². The van der Waals surface area contributed by atoms with Gasteiger partial charge in [0, 0.05) is 11.3 Å². The minimum Gasteiger partial charge on any atom is -0.508 e. The van der Waals surface area contributed by atoms with E-state index in [-0.39, 0.29) is 17.0 Å². The maximum Gasteiger partial charge on any atom is 0.356 e. The van der Waals surface area contributed by atoms with Crippen LogP contribution in [0.1, 0.15) is 36.1 Å². The molecule has 0 spiro atoms. The van der Waals surface area contributed by atoms with Gasteiger partial charge in [0.05, 0.1) is 23.4 Å². The third-order valence-electron chi connectivity index (χ3n) is 7.05. The van der Waals surface area contributed by atoms with Crippen molar-refractivity contribution in [3.8, 4) is 16.9 Å². The van der Waals surface area contributed by atoms with E-state index >= 15 is 0 Å². The molecule has 0 saturated carbocycles. The fourth-order valence-corrected chi connectivity index (χ4v) is 5.67. The van der Waals surface area contributed by atoms with E-state index in [0.717, 1.165) is 11.3 Å². The van der Waals surface area contributed by atoms with E-state index in [2.05, 4.69) is 0 Å². The Bertz CT molecular complexity index is 1490. The SMILES string of the molecule is O=C1[C@H](CC[C@H](O)c2ccccc2)[C@@H](c2ccc(-c3cccc(P(=O)(O)O)c3)cc2O)N1c1ccccc1. The maximum absolute atomic E-state index is 13.3. The van der Waals surface area contributed by atoms with E-state index in [9.17, 15) is 29.4 Å². The second-order valence-electron chi connectivity index (χ2n) is 9.47. The number of phenols is 1. The Balaban J connectivity index is 1.45. The van der Waals surface area contributed by atoms with Crippen molar-refractivity contribution in [2.24, 2.45) is 5.92 Å². The van der Waals surface area contributed by atoms with Gasteiger partial charge < -0.3 is 24.9 Å². The lowest BCUT2D eigenvalue weighted by Crippen LogP contribution is -2.55. The maximum atomic E-state index is 13.3. The van der Waals surface area contributed by atoms with Gasteiger partial charge in [-0.1, -0.05) is 72.8 Å². The smallest absolute Gasteiger partial charge is 0.356 e. The van der Waals surface area contributed by atoms with Crippen molar-refractivity contribution in [2.75, 3.05) is 4.90 Å². The number of aliphatic hydroxyl groups excluding tert-OH is 1. The molecule has 4 aromatic carbocycles. The molecule has 0 aliphatic carbocycles. The third-order valence-corrected chi connectivity index (χ3v) is 8.00. The summed E-state index contributed by atoms with van der Waals surface area (Å²) >= 11 is 0. The van der Waals surface area contributed by atoms with E-state index in [4.69, 9.17) is 0 Å². The predicted octanol–water partition coefficient (Wildman–Crippen LogP) is 5.08. The topological polar surface area (TPSA) is 118 Å². The highest BCUT2D eigenvalue weighted by atomic mass is 31.2. The van der Waals surface area contributed by atoms with Crippen LogP contribution in [0, 0.1) is 5.92 Å². The number of nitrogens with zero attached hydrogens (tertiary/aromatic N) is 1. The first-order valence-corrected chi connectivity index (χ1v) is 14.0. The third kappa shape index (κ3) is 5.15. The molecule has 0 bridgehead atoms. The molecule has 1 fully saturated rings. The van der Waals surface area contributed by atoms with Crippen molar-refractivity contribution in [2.45, 2.75) is 25.0 Å². The number of hydrogen-bond acceptors (Lipinski definition) is 4. The summed E-state index contributed by atoms with van der Waals surface area (Å²) in [5, 5.41) is 21.7. The number of rotatable bonds is 8. The van der Waals surface area contributed by atoms with Crippen LogP contribution in [-0.2, 0) is 9.36 Å². The van der Waals surface area contributed by atoms with Crippen LogP contribution >= 0.6 is 7.60 Å². The van der Waals surface area contributed by atoms with Gasteiger partial charge in [-0.3, -0.25) is 9.36 Å². The average molecular weight is 530 g/mol. The summed E-state index contributed by atoms with van der Waals surface area (Å²) in [5.41, 5.74) is 3.23. The Kier molecular flexibility index (Phi) is 7.19. The Morgan fingerprint density at radius 3 is 2.13 bits per heavy atom. The number of aliphatic hydroxyl groups is 1. The van der Waals surface area contributed by atoms with Crippen molar-refractivity contribution in [3.05, 3.63) is 114 Å². The number of benzene rings is 4. The first-order chi connectivity index (χ1) is 18.2. The Hall–Kier alpha value is -3.74. The van der Waals surface area contributed by atoms with Gasteiger partial charge in [0.1, 0.15) is 5.75 Å². The number of amides is 1. The zero-order chi connectivity index (χ0) is 26.9. The Morgan fingerprint density at radius 1 is 0.816 bits per heavy atom. The average Bonchev–Trinajstić information content (AvgIpc) is 2.92. The standard InChI is InChI=1S/C30H28NO6P/c32-27(20-8-3-1-4-9-20)17-16-26-29(31(30(26)34)23-11-5-2-6-12-23)25-15-14-22(19-28(25)33)21-10-7-13-24(18-21)38(35,36)37/h1-15,18-19,26-27,29,32-33H,16-17H2,(H2,35,36,37)/t26-,27+,29-/m1/s1. The van der Waals surface area contributed by atoms with Crippen LogP contribution in [0.25, 0.3) is 11.1 Å². The van der Waals surface area contributed by atoms with Crippen LogP contribution in [0.4, 0.5) is 5.69 Å². The van der Waals surface area contributed by atoms with E-state index in [1.165, 1.54) is 12.1 Å². The van der Waals surface area contributed by atoms with E-state index in [1.54, 1.807) is 35.2 Å². The molecule has 1 aliphatic heterocycles. The number of hydrogen-bond donors (Lipinski definition) is 4. The van der Waals surface area contributed by atoms with Crippen LogP contribution in [-0.4, -0.2) is 25.9 Å². The molecule has 38 heavy (non-hydrogen) atoms. The molecular formula is C30H28NO6P. The van der Waals surface area contributed by atoms with Crippen molar-refractivity contribution in [3.63, 3.8) is 0 Å². The molecule has 4 N–H and O–H groups in total. The number of carbonyl (C=O) groups excluding carboxylic acids is 1. The molecule has 0 radical (unpaired) electrons. The summed E-state index contributed by atoms with van der Waals surface area (Å²) in [6.45, 7) is 0. The van der Waals surface area contributed by atoms with Crippen LogP contribution < -0.4 is 10.2 Å². The monoisotopic (exact) mass is 529 g/mol. The predicted molar refractivity (Wildman–Crippen MR) is 146 cm³/mol. The molecule has 0 unspecified atom stereocenters. The lowest BCUT2D eigenvalue weighted by atomic mass is 9.77. The zero-order valence-corrected chi connectivity index (χ0v) is 21.4. The summed E-state index contributed by atoms with van der Waals surface area (Å²) in [7, 11) is -4.42. The first kappa shape index (κ1) is 25.9. The van der Waals surface area contributed by atoms with Crippen molar-refractivity contribution < 1.29 is 29.4 Å². The van der Waals surface area contributed by atoms with Gasteiger partial charge >= 0.3 is 7.60 Å². The van der Waals surface area contributed by atoms with Gasteiger partial charge in [-0.15, -0.1) is 0 Å². The molecule has 1 heterocycles. The fourth-order valence-electron chi connectivity index (χ4n) is 5.08. The van der Waals surface area contributed by atoms with Crippen LogP contribution in [0.3, 0.4) is 0 Å². The Morgan fingerprint density at radius 2 is 1.47 bits per heavy atom. The normalized spacial score (nSPS) is 18.2. The highest BCUT2D eigenvalue weighted by molar-refractivity contribution is 7.60. The summed E-state index contributed by atoms with van der Waals surface area (Å²) in [4.78, 5) is 34.0. The minimum atomic E-state index is -4.42. The molecule has 4 aromatic rings. The van der Waals surface area contributed by atoms with Gasteiger partial charge in [0.25, 0.3) is 0 Å². The molecule has 1 saturated heterocycles. The highest BCUT2D eigenvalue weighted by Gasteiger charge is 2.49. The minimum absolute atomic E-state index is 0.0175. The van der Waals surface area contributed by atoms with Crippen molar-refractivity contribution in [1.29, 1.82) is 0 Å². The lowest BCUT2D eigenvalue weighted by Gasteiger charge is -2.48. The first-order valence-electron chi connectivity index (χ1n) is 12.3. The van der Waals surface area contributed by atoms with Gasteiger partial charge in [0.2, 0.25) is 5.91 Å². The fraction of sp³-hybridized carbons (Fsp3) is 0.167. The van der Waals surface area contributed by atoms with Gasteiger partial charge in [-0.2, -0.15) is 0 Å². The molecular weight excluding hydrogens is 501 g/mol. The highest BCUT2D eigenvalue weighted by Crippen LogP contribution is 2.49. The zero-order valence-electron chi connectivity index (χ0n) is 20.5. The molecule has 3 atom stereocenters. The number of carbonyl (C=O) groups is 1. The van der Waals surface area contributed by atoms with Crippen molar-refractivity contribution in [1.82, 2.24) is 0 Å². The second-order valence-corrected chi connectivity index (χ2v) is 11.1. The Labute approximate surface area is 220 Å².